The van der Waals surface area contributed by atoms with Crippen LogP contribution in [0.1, 0.15) is 5.56 Å². The molecule has 0 atom stereocenters. The van der Waals surface area contributed by atoms with Gasteiger partial charge in [0.2, 0.25) is 0 Å². The first kappa shape index (κ1) is 11.4. The summed E-state index contributed by atoms with van der Waals surface area (Å²) >= 11 is 3.43. The largest absolute Gasteiger partial charge is 0.508 e. The number of benzene rings is 2. The molecule has 0 amide bonds. The second-order valence-corrected chi connectivity index (χ2v) is 4.41. The van der Waals surface area contributed by atoms with Crippen LogP contribution in [-0.2, 0) is 11.4 Å². The smallest absolute Gasteiger partial charge is 0.120 e. The summed E-state index contributed by atoms with van der Waals surface area (Å²) in [4.78, 5) is 4.77. The number of nitrogens with one attached hydrogen (secondary N) is 1. The van der Waals surface area contributed by atoms with Gasteiger partial charge >= 0.3 is 0 Å². The fourth-order valence-electron chi connectivity index (χ4n) is 1.60. The normalized spacial score (nSPS) is 10.9. The van der Waals surface area contributed by atoms with Crippen LogP contribution >= 0.6 is 15.9 Å². The molecule has 0 bridgehead atoms. The van der Waals surface area contributed by atoms with Crippen molar-refractivity contribution in [3.63, 3.8) is 0 Å². The van der Waals surface area contributed by atoms with Gasteiger partial charge in [-0.3, -0.25) is 0 Å². The highest BCUT2D eigenvalue weighted by molar-refractivity contribution is 9.10. The number of hydrogen-bond donors (Lipinski definition) is 2. The SMILES string of the molecule is CONCc1cc2cc(Br)ccc2cc1O. The monoisotopic (exact) mass is 281 g/mol. The van der Waals surface area contributed by atoms with Gasteiger partial charge in [-0.15, -0.1) is 0 Å². The third-order valence-corrected chi connectivity index (χ3v) is 2.90. The van der Waals surface area contributed by atoms with Gasteiger partial charge in [0.25, 0.3) is 0 Å². The molecule has 0 aliphatic carbocycles. The maximum Gasteiger partial charge on any atom is 0.120 e. The molecule has 2 aromatic rings. The average molecular weight is 282 g/mol. The Morgan fingerprint density at radius 3 is 2.81 bits per heavy atom. The number of hydroxylamine groups is 1. The maximum atomic E-state index is 9.80. The molecular weight excluding hydrogens is 270 g/mol. The maximum absolute atomic E-state index is 9.80. The van der Waals surface area contributed by atoms with E-state index in [0.717, 1.165) is 20.8 Å². The van der Waals surface area contributed by atoms with Gasteiger partial charge in [-0.1, -0.05) is 22.0 Å². The molecule has 0 saturated carbocycles. The molecule has 0 aliphatic heterocycles. The molecule has 3 nitrogen and oxygen atoms in total. The lowest BCUT2D eigenvalue weighted by Gasteiger charge is -2.07. The van der Waals surface area contributed by atoms with Gasteiger partial charge in [-0.2, -0.15) is 5.48 Å². The molecular formula is C12H12BrNO2. The zero-order chi connectivity index (χ0) is 11.5. The van der Waals surface area contributed by atoms with Gasteiger partial charge in [0.15, 0.2) is 0 Å². The lowest BCUT2D eigenvalue weighted by atomic mass is 10.1. The van der Waals surface area contributed by atoms with E-state index in [0.29, 0.717) is 6.54 Å². The molecule has 0 aliphatic rings. The summed E-state index contributed by atoms with van der Waals surface area (Å²) in [6.45, 7) is 0.477. The molecule has 84 valence electrons. The van der Waals surface area contributed by atoms with Crippen LogP contribution in [0.4, 0.5) is 0 Å². The van der Waals surface area contributed by atoms with E-state index < -0.39 is 0 Å². The van der Waals surface area contributed by atoms with Crippen LogP contribution in [-0.4, -0.2) is 12.2 Å². The Morgan fingerprint density at radius 2 is 2.06 bits per heavy atom. The third-order valence-electron chi connectivity index (χ3n) is 2.41. The van der Waals surface area contributed by atoms with Gasteiger partial charge in [-0.05, 0) is 35.0 Å². The summed E-state index contributed by atoms with van der Waals surface area (Å²) in [5.74, 6) is 0.277. The first-order valence-corrected chi connectivity index (χ1v) is 5.67. The fourth-order valence-corrected chi connectivity index (χ4v) is 1.97. The molecule has 0 spiro atoms. The topological polar surface area (TPSA) is 41.5 Å². The zero-order valence-corrected chi connectivity index (χ0v) is 10.4. The van der Waals surface area contributed by atoms with Crippen molar-refractivity contribution in [2.75, 3.05) is 7.11 Å². The molecule has 0 radical (unpaired) electrons. The van der Waals surface area contributed by atoms with Crippen molar-refractivity contribution in [2.45, 2.75) is 6.54 Å². The summed E-state index contributed by atoms with van der Waals surface area (Å²) < 4.78 is 1.02. The summed E-state index contributed by atoms with van der Waals surface area (Å²) in [5.41, 5.74) is 3.53. The number of hydrogen-bond acceptors (Lipinski definition) is 3. The van der Waals surface area contributed by atoms with Gasteiger partial charge in [0.1, 0.15) is 5.75 Å². The first-order valence-electron chi connectivity index (χ1n) is 4.87. The number of aromatic hydroxyl groups is 1. The standard InChI is InChI=1S/C12H12BrNO2/c1-16-14-7-10-4-9-5-11(13)3-2-8(9)6-12(10)15/h2-6,14-15H,7H2,1H3. The number of phenols is 1. The van der Waals surface area contributed by atoms with Crippen molar-refractivity contribution < 1.29 is 9.94 Å². The van der Waals surface area contributed by atoms with Crippen molar-refractivity contribution in [3.05, 3.63) is 40.4 Å². The van der Waals surface area contributed by atoms with Crippen molar-refractivity contribution in [1.29, 1.82) is 0 Å². The van der Waals surface area contributed by atoms with E-state index in [1.165, 1.54) is 0 Å². The predicted octanol–water partition coefficient (Wildman–Crippen LogP) is 2.96. The van der Waals surface area contributed by atoms with Crippen molar-refractivity contribution in [3.8, 4) is 5.75 Å². The van der Waals surface area contributed by atoms with E-state index in [2.05, 4.69) is 21.4 Å². The number of phenolic OH excluding ortho intramolecular Hbond substituents is 1. The number of fused-ring (bicyclic) bond motifs is 1. The number of halogens is 1. The van der Waals surface area contributed by atoms with E-state index >= 15 is 0 Å². The summed E-state index contributed by atoms with van der Waals surface area (Å²) in [7, 11) is 1.55. The highest BCUT2D eigenvalue weighted by Crippen LogP contribution is 2.27. The van der Waals surface area contributed by atoms with E-state index in [9.17, 15) is 5.11 Å². The second-order valence-electron chi connectivity index (χ2n) is 3.50. The molecule has 0 aromatic heterocycles. The Bertz CT molecular complexity index is 514. The number of rotatable bonds is 3. The van der Waals surface area contributed by atoms with Crippen LogP contribution in [0, 0.1) is 0 Å². The van der Waals surface area contributed by atoms with Crippen molar-refractivity contribution in [1.82, 2.24) is 5.48 Å². The zero-order valence-electron chi connectivity index (χ0n) is 8.83. The Morgan fingerprint density at radius 1 is 1.25 bits per heavy atom. The molecule has 0 heterocycles. The molecule has 0 saturated heterocycles. The molecule has 2 N–H and O–H groups in total. The van der Waals surface area contributed by atoms with E-state index in [4.69, 9.17) is 4.84 Å². The highest BCUT2D eigenvalue weighted by atomic mass is 79.9. The molecule has 16 heavy (non-hydrogen) atoms. The second kappa shape index (κ2) is 4.82. The fraction of sp³-hybridized carbons (Fsp3) is 0.167. The van der Waals surface area contributed by atoms with Crippen molar-refractivity contribution in [2.24, 2.45) is 0 Å². The van der Waals surface area contributed by atoms with Crippen LogP contribution in [0.5, 0.6) is 5.75 Å². The summed E-state index contributed by atoms with van der Waals surface area (Å²) in [6, 6.07) is 9.64. The Kier molecular flexibility index (Phi) is 3.43. The Hall–Kier alpha value is -1.10. The summed E-state index contributed by atoms with van der Waals surface area (Å²) in [5, 5.41) is 11.9. The lowest BCUT2D eigenvalue weighted by Crippen LogP contribution is -2.10. The molecule has 4 heteroatoms. The minimum Gasteiger partial charge on any atom is -0.508 e. The van der Waals surface area contributed by atoms with Gasteiger partial charge in [-0.25, -0.2) is 0 Å². The van der Waals surface area contributed by atoms with Gasteiger partial charge in [0, 0.05) is 16.6 Å². The van der Waals surface area contributed by atoms with Crippen molar-refractivity contribution >= 4 is 26.7 Å². The Labute approximate surface area is 102 Å². The van der Waals surface area contributed by atoms with Crippen LogP contribution in [0.2, 0.25) is 0 Å². The van der Waals surface area contributed by atoms with E-state index in [1.807, 2.05) is 24.3 Å². The predicted molar refractivity (Wildman–Crippen MR) is 67.2 cm³/mol. The van der Waals surface area contributed by atoms with Crippen LogP contribution in [0.15, 0.2) is 34.8 Å². The van der Waals surface area contributed by atoms with Crippen LogP contribution in [0.25, 0.3) is 10.8 Å². The highest BCUT2D eigenvalue weighted by Gasteiger charge is 2.04. The Balaban J connectivity index is 2.46. The van der Waals surface area contributed by atoms with E-state index in [-0.39, 0.29) is 5.75 Å². The van der Waals surface area contributed by atoms with Crippen LogP contribution in [0.3, 0.4) is 0 Å². The lowest BCUT2D eigenvalue weighted by molar-refractivity contribution is 0.0862. The molecule has 0 unspecified atom stereocenters. The van der Waals surface area contributed by atoms with Gasteiger partial charge in [0.05, 0.1) is 7.11 Å². The van der Waals surface area contributed by atoms with Crippen LogP contribution < -0.4 is 5.48 Å². The minimum absolute atomic E-state index is 0.277. The third kappa shape index (κ3) is 2.35. The first-order chi connectivity index (χ1) is 7.70. The van der Waals surface area contributed by atoms with Gasteiger partial charge < -0.3 is 9.94 Å². The minimum atomic E-state index is 0.277. The molecule has 0 fully saturated rings. The molecule has 2 rings (SSSR count). The molecule has 2 aromatic carbocycles. The van der Waals surface area contributed by atoms with E-state index in [1.54, 1.807) is 13.2 Å². The summed E-state index contributed by atoms with van der Waals surface area (Å²) in [6.07, 6.45) is 0. The quantitative estimate of drug-likeness (QED) is 0.850. The average Bonchev–Trinajstić information content (AvgIpc) is 2.27.